The standard InChI is InChI=1S/C21H18ClN3/c22-19-12-5-4-11-17(19)20-23-25-14-18(15-8-2-1-3-9-15)16-10-6-7-13-24(20)21(16)25/h1-5,8-9,11-12,14H,6-7,10,13H2. The number of halogens is 1. The van der Waals surface area contributed by atoms with Gasteiger partial charge in [-0.2, -0.15) is 0 Å². The second kappa shape index (κ2) is 5.78. The zero-order valence-corrected chi connectivity index (χ0v) is 14.6. The number of rotatable bonds is 2. The van der Waals surface area contributed by atoms with Crippen LogP contribution in [0.1, 0.15) is 18.4 Å². The molecule has 0 saturated carbocycles. The van der Waals surface area contributed by atoms with Gasteiger partial charge in [-0.3, -0.25) is 0 Å². The smallest absolute Gasteiger partial charge is 0.163 e. The lowest BCUT2D eigenvalue weighted by molar-refractivity contribution is 0.645. The molecule has 0 unspecified atom stereocenters. The molecule has 3 nitrogen and oxygen atoms in total. The normalized spacial score (nSPS) is 14.0. The van der Waals surface area contributed by atoms with E-state index in [1.807, 2.05) is 22.7 Å². The summed E-state index contributed by atoms with van der Waals surface area (Å²) in [6.45, 7) is 0.981. The van der Waals surface area contributed by atoms with E-state index in [-0.39, 0.29) is 0 Å². The average Bonchev–Trinajstić information content (AvgIpc) is 3.07. The Bertz CT molecular complexity index is 1060. The summed E-state index contributed by atoms with van der Waals surface area (Å²) < 4.78 is 4.39. The third kappa shape index (κ3) is 2.30. The Morgan fingerprint density at radius 1 is 0.880 bits per heavy atom. The van der Waals surface area contributed by atoms with Crippen LogP contribution >= 0.6 is 11.6 Å². The Hall–Kier alpha value is -2.52. The van der Waals surface area contributed by atoms with Gasteiger partial charge < -0.3 is 4.57 Å². The summed E-state index contributed by atoms with van der Waals surface area (Å²) in [4.78, 5) is 0. The molecule has 0 N–H and O–H groups in total. The Labute approximate surface area is 151 Å². The Morgan fingerprint density at radius 2 is 1.68 bits per heavy atom. The molecule has 3 heterocycles. The maximum atomic E-state index is 6.45. The summed E-state index contributed by atoms with van der Waals surface area (Å²) in [7, 11) is 0. The molecule has 25 heavy (non-hydrogen) atoms. The zero-order chi connectivity index (χ0) is 16.8. The number of nitrogens with zero attached hydrogens (tertiary/aromatic N) is 3. The monoisotopic (exact) mass is 347 g/mol. The summed E-state index contributed by atoms with van der Waals surface area (Å²) >= 11 is 6.45. The first-order valence-corrected chi connectivity index (χ1v) is 9.12. The maximum Gasteiger partial charge on any atom is 0.163 e. The molecule has 0 spiro atoms. The number of hydrogen-bond acceptors (Lipinski definition) is 1. The summed E-state index contributed by atoms with van der Waals surface area (Å²) in [5.41, 5.74) is 6.17. The first-order chi connectivity index (χ1) is 12.3. The molecule has 0 amide bonds. The average molecular weight is 348 g/mol. The van der Waals surface area contributed by atoms with E-state index in [0.29, 0.717) is 0 Å². The van der Waals surface area contributed by atoms with Crippen molar-refractivity contribution in [3.63, 3.8) is 0 Å². The van der Waals surface area contributed by atoms with Crippen molar-refractivity contribution >= 4 is 17.2 Å². The molecule has 124 valence electrons. The van der Waals surface area contributed by atoms with Gasteiger partial charge in [0.05, 0.1) is 5.02 Å². The molecule has 0 bridgehead atoms. The molecule has 4 heteroatoms. The van der Waals surface area contributed by atoms with E-state index in [2.05, 4.69) is 47.2 Å². The summed E-state index contributed by atoms with van der Waals surface area (Å²) in [6, 6.07) is 18.6. The van der Waals surface area contributed by atoms with E-state index in [1.54, 1.807) is 0 Å². The van der Waals surface area contributed by atoms with E-state index in [1.165, 1.54) is 28.8 Å². The molecule has 4 aromatic rings. The highest BCUT2D eigenvalue weighted by Gasteiger charge is 2.23. The van der Waals surface area contributed by atoms with Gasteiger partial charge in [0, 0.05) is 29.4 Å². The molecule has 5 rings (SSSR count). The highest BCUT2D eigenvalue weighted by atomic mass is 35.5. The predicted octanol–water partition coefficient (Wildman–Crippen LogP) is 5.46. The van der Waals surface area contributed by atoms with Crippen molar-refractivity contribution in [1.29, 1.82) is 0 Å². The quantitative estimate of drug-likeness (QED) is 0.472. The SMILES string of the molecule is Clc1ccccc1-c1nn2cc(-c3ccccc3)c3c2n1CCCC3. The molecular formula is C21H18ClN3. The van der Waals surface area contributed by atoms with Gasteiger partial charge in [0.1, 0.15) is 5.65 Å². The third-order valence-electron chi connectivity index (χ3n) is 5.04. The summed E-state index contributed by atoms with van der Waals surface area (Å²) in [5, 5.41) is 5.65. The molecular weight excluding hydrogens is 330 g/mol. The Balaban J connectivity index is 1.78. The van der Waals surface area contributed by atoms with Crippen LogP contribution in [-0.2, 0) is 13.0 Å². The van der Waals surface area contributed by atoms with Crippen molar-refractivity contribution in [2.45, 2.75) is 25.8 Å². The minimum atomic E-state index is 0.751. The van der Waals surface area contributed by atoms with Crippen LogP contribution in [0.5, 0.6) is 0 Å². The lowest BCUT2D eigenvalue weighted by atomic mass is 10.0. The second-order valence-corrected chi connectivity index (χ2v) is 6.97. The lowest BCUT2D eigenvalue weighted by Crippen LogP contribution is -2.00. The number of benzene rings is 2. The van der Waals surface area contributed by atoms with Crippen LogP contribution in [0.4, 0.5) is 0 Å². The van der Waals surface area contributed by atoms with E-state index in [0.717, 1.165) is 35.8 Å². The molecule has 2 aromatic carbocycles. The van der Waals surface area contributed by atoms with Crippen LogP contribution in [0.2, 0.25) is 5.02 Å². The number of aryl methyl sites for hydroxylation is 2. The van der Waals surface area contributed by atoms with Gasteiger partial charge in [-0.25, -0.2) is 4.52 Å². The molecule has 2 aromatic heterocycles. The topological polar surface area (TPSA) is 22.2 Å². The molecule has 0 atom stereocenters. The predicted molar refractivity (Wildman–Crippen MR) is 102 cm³/mol. The van der Waals surface area contributed by atoms with Gasteiger partial charge in [0.2, 0.25) is 0 Å². The number of aromatic nitrogens is 3. The largest absolute Gasteiger partial charge is 0.309 e. The Kier molecular flexibility index (Phi) is 3.42. The van der Waals surface area contributed by atoms with E-state index < -0.39 is 0 Å². The summed E-state index contributed by atoms with van der Waals surface area (Å²) in [6.07, 6.45) is 5.62. The number of hydrogen-bond donors (Lipinski definition) is 0. The van der Waals surface area contributed by atoms with Crippen molar-refractivity contribution in [1.82, 2.24) is 14.2 Å². The zero-order valence-electron chi connectivity index (χ0n) is 13.8. The second-order valence-electron chi connectivity index (χ2n) is 6.57. The van der Waals surface area contributed by atoms with Crippen LogP contribution in [-0.4, -0.2) is 14.2 Å². The van der Waals surface area contributed by atoms with Gasteiger partial charge >= 0.3 is 0 Å². The molecule has 0 saturated heterocycles. The van der Waals surface area contributed by atoms with Gasteiger partial charge in [-0.05, 0) is 37.0 Å². The maximum absolute atomic E-state index is 6.45. The van der Waals surface area contributed by atoms with Crippen LogP contribution in [0.15, 0.2) is 60.8 Å². The van der Waals surface area contributed by atoms with E-state index >= 15 is 0 Å². The van der Waals surface area contributed by atoms with E-state index in [9.17, 15) is 0 Å². The fourth-order valence-corrected chi connectivity index (χ4v) is 4.10. The lowest BCUT2D eigenvalue weighted by Gasteiger charge is -2.07. The molecule has 0 radical (unpaired) electrons. The van der Waals surface area contributed by atoms with E-state index in [4.69, 9.17) is 16.7 Å². The van der Waals surface area contributed by atoms with Crippen molar-refractivity contribution in [3.8, 4) is 22.5 Å². The van der Waals surface area contributed by atoms with Crippen LogP contribution in [0, 0.1) is 0 Å². The highest BCUT2D eigenvalue weighted by molar-refractivity contribution is 6.33. The van der Waals surface area contributed by atoms with Crippen molar-refractivity contribution in [3.05, 3.63) is 71.4 Å². The van der Waals surface area contributed by atoms with Gasteiger partial charge in [-0.1, -0.05) is 54.1 Å². The summed E-state index contributed by atoms with van der Waals surface area (Å²) in [5.74, 6) is 0.961. The van der Waals surface area contributed by atoms with Gasteiger partial charge in [-0.15, -0.1) is 5.10 Å². The fourth-order valence-electron chi connectivity index (χ4n) is 3.88. The Morgan fingerprint density at radius 3 is 2.52 bits per heavy atom. The van der Waals surface area contributed by atoms with Crippen LogP contribution in [0.3, 0.4) is 0 Å². The molecule has 1 aliphatic rings. The molecule has 0 fully saturated rings. The fraction of sp³-hybridized carbons (Fsp3) is 0.190. The van der Waals surface area contributed by atoms with Crippen molar-refractivity contribution in [2.75, 3.05) is 0 Å². The third-order valence-corrected chi connectivity index (χ3v) is 5.36. The highest BCUT2D eigenvalue weighted by Crippen LogP contribution is 2.36. The molecule has 0 aliphatic carbocycles. The van der Waals surface area contributed by atoms with Gasteiger partial charge in [0.15, 0.2) is 5.82 Å². The van der Waals surface area contributed by atoms with Crippen LogP contribution < -0.4 is 0 Å². The molecule has 1 aliphatic heterocycles. The minimum absolute atomic E-state index is 0.751. The minimum Gasteiger partial charge on any atom is -0.309 e. The first-order valence-electron chi connectivity index (χ1n) is 8.74. The van der Waals surface area contributed by atoms with Crippen molar-refractivity contribution < 1.29 is 0 Å². The first kappa shape index (κ1) is 14.8. The van der Waals surface area contributed by atoms with Gasteiger partial charge in [0.25, 0.3) is 0 Å². The van der Waals surface area contributed by atoms with Crippen molar-refractivity contribution in [2.24, 2.45) is 0 Å². The van der Waals surface area contributed by atoms with Crippen LogP contribution in [0.25, 0.3) is 28.2 Å².